The van der Waals surface area contributed by atoms with E-state index in [1.54, 1.807) is 12.1 Å². The zero-order valence-corrected chi connectivity index (χ0v) is 17.2. The molecule has 1 heterocycles. The highest BCUT2D eigenvalue weighted by atomic mass is 19.4. The molecule has 0 atom stereocenters. The number of nitrogens with zero attached hydrogens (tertiary/aromatic N) is 2. The molecule has 178 valence electrons. The lowest BCUT2D eigenvalue weighted by atomic mass is 9.99. The van der Waals surface area contributed by atoms with Gasteiger partial charge in [-0.15, -0.1) is 0 Å². The monoisotopic (exact) mass is 474 g/mol. The molecule has 0 N–H and O–H groups in total. The summed E-state index contributed by atoms with van der Waals surface area (Å²) in [7, 11) is 0. The third kappa shape index (κ3) is 6.25. The van der Waals surface area contributed by atoms with E-state index in [1.807, 2.05) is 41.3 Å². The Bertz CT molecular complexity index is 956. The SMILES string of the molecule is O=Cc1cc(-c2ccccc2)ccc1CN1CCN(C(=O)OC(C(F)(F)F)C(F)(F)F)CC1. The number of carbonyl (C=O) groups excluding carboxylic acids is 2. The number of alkyl halides is 6. The number of hydrogen-bond donors (Lipinski definition) is 0. The Morgan fingerprint density at radius 1 is 0.909 bits per heavy atom. The number of ether oxygens (including phenoxy) is 1. The van der Waals surface area contributed by atoms with Crippen molar-refractivity contribution in [3.63, 3.8) is 0 Å². The topological polar surface area (TPSA) is 49.9 Å². The predicted octanol–water partition coefficient (Wildman–Crippen LogP) is 4.91. The number of halogens is 6. The zero-order valence-electron chi connectivity index (χ0n) is 17.2. The van der Waals surface area contributed by atoms with E-state index < -0.39 is 24.5 Å². The largest absolute Gasteiger partial charge is 0.434 e. The molecule has 0 aromatic heterocycles. The highest BCUT2D eigenvalue weighted by molar-refractivity contribution is 5.81. The van der Waals surface area contributed by atoms with Crippen LogP contribution in [0, 0.1) is 0 Å². The lowest BCUT2D eigenvalue weighted by Crippen LogP contribution is -2.52. The maximum Gasteiger partial charge on any atom is 0.434 e. The Morgan fingerprint density at radius 2 is 1.52 bits per heavy atom. The summed E-state index contributed by atoms with van der Waals surface area (Å²) >= 11 is 0. The van der Waals surface area contributed by atoms with Gasteiger partial charge in [0.1, 0.15) is 6.29 Å². The fourth-order valence-electron chi connectivity index (χ4n) is 3.48. The fraction of sp³-hybridized carbons (Fsp3) is 0.364. The van der Waals surface area contributed by atoms with Gasteiger partial charge < -0.3 is 9.64 Å². The van der Waals surface area contributed by atoms with Gasteiger partial charge in [-0.25, -0.2) is 4.79 Å². The summed E-state index contributed by atoms with van der Waals surface area (Å²) < 4.78 is 79.4. The van der Waals surface area contributed by atoms with Crippen molar-refractivity contribution in [3.05, 3.63) is 59.7 Å². The second-order valence-corrected chi connectivity index (χ2v) is 7.51. The molecule has 2 aromatic carbocycles. The molecule has 0 saturated carbocycles. The molecule has 1 saturated heterocycles. The lowest BCUT2D eigenvalue weighted by molar-refractivity contribution is -0.308. The second-order valence-electron chi connectivity index (χ2n) is 7.51. The van der Waals surface area contributed by atoms with E-state index in [0.717, 1.165) is 27.9 Å². The summed E-state index contributed by atoms with van der Waals surface area (Å²) in [6.07, 6.45) is -16.6. The number of amides is 1. The van der Waals surface area contributed by atoms with Gasteiger partial charge in [0.15, 0.2) is 0 Å². The molecule has 5 nitrogen and oxygen atoms in total. The maximum absolute atomic E-state index is 12.6. The van der Waals surface area contributed by atoms with Crippen LogP contribution in [0.3, 0.4) is 0 Å². The Kier molecular flexibility index (Phi) is 7.31. The van der Waals surface area contributed by atoms with Crippen molar-refractivity contribution in [1.29, 1.82) is 0 Å². The van der Waals surface area contributed by atoms with Crippen molar-refractivity contribution in [2.24, 2.45) is 0 Å². The molecule has 1 aliphatic rings. The Morgan fingerprint density at radius 3 is 2.06 bits per heavy atom. The van der Waals surface area contributed by atoms with Crippen LogP contribution in [0.4, 0.5) is 31.1 Å². The number of rotatable bonds is 5. The first-order chi connectivity index (χ1) is 15.5. The summed E-state index contributed by atoms with van der Waals surface area (Å²) in [6, 6.07) is 14.8. The van der Waals surface area contributed by atoms with Crippen LogP contribution in [-0.4, -0.2) is 66.8 Å². The Hall–Kier alpha value is -3.08. The predicted molar refractivity (Wildman–Crippen MR) is 106 cm³/mol. The van der Waals surface area contributed by atoms with Gasteiger partial charge in [0.25, 0.3) is 6.10 Å². The molecule has 0 bridgehead atoms. The van der Waals surface area contributed by atoms with E-state index in [-0.39, 0.29) is 26.2 Å². The molecule has 0 radical (unpaired) electrons. The summed E-state index contributed by atoms with van der Waals surface area (Å²) in [5.74, 6) is 0. The van der Waals surface area contributed by atoms with Gasteiger partial charge in [0.05, 0.1) is 0 Å². The van der Waals surface area contributed by atoms with Crippen molar-refractivity contribution in [1.82, 2.24) is 9.80 Å². The van der Waals surface area contributed by atoms with Crippen LogP contribution in [-0.2, 0) is 11.3 Å². The average Bonchev–Trinajstić information content (AvgIpc) is 2.77. The minimum absolute atomic E-state index is 0.111. The minimum atomic E-state index is -5.76. The first-order valence-electron chi connectivity index (χ1n) is 9.94. The first kappa shape index (κ1) is 24.6. The van der Waals surface area contributed by atoms with Crippen LogP contribution >= 0.6 is 0 Å². The summed E-state index contributed by atoms with van der Waals surface area (Å²) in [4.78, 5) is 26.1. The average molecular weight is 474 g/mol. The fourth-order valence-corrected chi connectivity index (χ4v) is 3.48. The van der Waals surface area contributed by atoms with Gasteiger partial charge in [-0.05, 0) is 22.8 Å². The summed E-state index contributed by atoms with van der Waals surface area (Å²) in [6.45, 7) is 0.492. The molecule has 2 aromatic rings. The second kappa shape index (κ2) is 9.82. The van der Waals surface area contributed by atoms with Gasteiger partial charge in [0, 0.05) is 38.3 Å². The van der Waals surface area contributed by atoms with Gasteiger partial charge in [-0.1, -0.05) is 42.5 Å². The van der Waals surface area contributed by atoms with Crippen LogP contribution in [0.5, 0.6) is 0 Å². The third-order valence-corrected chi connectivity index (χ3v) is 5.22. The molecule has 0 aliphatic carbocycles. The van der Waals surface area contributed by atoms with E-state index in [9.17, 15) is 35.9 Å². The zero-order chi connectivity index (χ0) is 24.2. The number of piperazine rings is 1. The van der Waals surface area contributed by atoms with Gasteiger partial charge in [-0.2, -0.15) is 26.3 Å². The molecular weight excluding hydrogens is 454 g/mol. The van der Waals surface area contributed by atoms with E-state index >= 15 is 0 Å². The van der Waals surface area contributed by atoms with Crippen molar-refractivity contribution >= 4 is 12.4 Å². The summed E-state index contributed by atoms with van der Waals surface area (Å²) in [5, 5.41) is 0. The minimum Gasteiger partial charge on any atom is -0.426 e. The van der Waals surface area contributed by atoms with Crippen LogP contribution in [0.2, 0.25) is 0 Å². The number of carbonyl (C=O) groups is 2. The van der Waals surface area contributed by atoms with Crippen LogP contribution in [0.25, 0.3) is 11.1 Å². The van der Waals surface area contributed by atoms with E-state index in [0.29, 0.717) is 12.1 Å². The van der Waals surface area contributed by atoms with Crippen molar-refractivity contribution in [2.45, 2.75) is 25.0 Å². The smallest absolute Gasteiger partial charge is 0.426 e. The standard InChI is InChI=1S/C22H20F6N2O3/c23-21(24,25)19(22(26,27)28)33-20(32)30-10-8-29(9-11-30)13-17-7-6-16(12-18(17)14-31)15-4-2-1-3-5-15/h1-7,12,14,19H,8-11,13H2. The van der Waals surface area contributed by atoms with Crippen molar-refractivity contribution in [3.8, 4) is 11.1 Å². The van der Waals surface area contributed by atoms with E-state index in [4.69, 9.17) is 0 Å². The highest BCUT2D eigenvalue weighted by Crippen LogP contribution is 2.36. The third-order valence-electron chi connectivity index (χ3n) is 5.22. The molecule has 0 spiro atoms. The molecule has 1 amide bonds. The van der Waals surface area contributed by atoms with Crippen LogP contribution in [0.15, 0.2) is 48.5 Å². The van der Waals surface area contributed by atoms with Crippen LogP contribution < -0.4 is 0 Å². The molecule has 1 aliphatic heterocycles. The van der Waals surface area contributed by atoms with Crippen molar-refractivity contribution in [2.75, 3.05) is 26.2 Å². The molecule has 3 rings (SSSR count). The van der Waals surface area contributed by atoms with Gasteiger partial charge in [-0.3, -0.25) is 9.69 Å². The lowest BCUT2D eigenvalue weighted by Gasteiger charge is -2.35. The molecule has 0 unspecified atom stereocenters. The number of benzene rings is 2. The van der Waals surface area contributed by atoms with Crippen molar-refractivity contribution < 1.29 is 40.7 Å². The summed E-state index contributed by atoms with van der Waals surface area (Å²) in [5.41, 5.74) is 2.99. The number of hydrogen-bond acceptors (Lipinski definition) is 4. The first-order valence-corrected chi connectivity index (χ1v) is 9.94. The molecule has 33 heavy (non-hydrogen) atoms. The quantitative estimate of drug-likeness (QED) is 0.456. The number of aldehydes is 1. The normalized spacial score (nSPS) is 15.5. The van der Waals surface area contributed by atoms with Gasteiger partial charge in [0.2, 0.25) is 0 Å². The highest BCUT2D eigenvalue weighted by Gasteiger charge is 2.60. The molecule has 11 heteroatoms. The maximum atomic E-state index is 12.6. The Balaban J connectivity index is 1.60. The van der Waals surface area contributed by atoms with E-state index in [1.165, 1.54) is 0 Å². The molecule has 1 fully saturated rings. The molecular formula is C22H20F6N2O3. The Labute approximate surface area is 185 Å². The van der Waals surface area contributed by atoms with Gasteiger partial charge >= 0.3 is 18.4 Å². The van der Waals surface area contributed by atoms with Crippen LogP contribution in [0.1, 0.15) is 15.9 Å². The van der Waals surface area contributed by atoms with E-state index in [2.05, 4.69) is 4.74 Å².